The number of hydrogen-bond donors (Lipinski definition) is 1. The second kappa shape index (κ2) is 8.29. The first-order chi connectivity index (χ1) is 13.9. The molecule has 4 aliphatic carbocycles. The summed E-state index contributed by atoms with van der Waals surface area (Å²) in [5.74, 6) is 3.15. The lowest BCUT2D eigenvalue weighted by molar-refractivity contribution is -0.149. The molecule has 2 unspecified atom stereocenters. The number of rotatable bonds is 9. The largest absolute Gasteiger partial charge is 0.497 e. The van der Waals surface area contributed by atoms with E-state index in [1.807, 2.05) is 0 Å². The Morgan fingerprint density at radius 3 is 2.45 bits per heavy atom. The van der Waals surface area contributed by atoms with Gasteiger partial charge in [-0.25, -0.2) is 0 Å². The van der Waals surface area contributed by atoms with Crippen molar-refractivity contribution in [2.75, 3.05) is 26.9 Å². The van der Waals surface area contributed by atoms with E-state index in [9.17, 15) is 4.79 Å². The topological polar surface area (TPSA) is 47.6 Å². The first-order valence-electron chi connectivity index (χ1n) is 11.5. The lowest BCUT2D eigenvalue weighted by Crippen LogP contribution is -2.59. The Hall–Kier alpha value is -1.55. The summed E-state index contributed by atoms with van der Waals surface area (Å²) in [6.07, 6.45) is 7.87. The maximum atomic E-state index is 13.3. The molecule has 5 rings (SSSR count). The molecule has 29 heavy (non-hydrogen) atoms. The van der Waals surface area contributed by atoms with E-state index >= 15 is 0 Å². The first kappa shape index (κ1) is 20.7. The van der Waals surface area contributed by atoms with Crippen molar-refractivity contribution in [2.24, 2.45) is 23.2 Å². The van der Waals surface area contributed by atoms with E-state index < -0.39 is 0 Å². The average molecular weight is 400 g/mol. The van der Waals surface area contributed by atoms with E-state index in [0.29, 0.717) is 23.7 Å². The van der Waals surface area contributed by atoms with Gasteiger partial charge in [0.15, 0.2) is 0 Å². The van der Waals surface area contributed by atoms with Crippen LogP contribution in [0.25, 0.3) is 0 Å². The van der Waals surface area contributed by atoms with Gasteiger partial charge in [0.25, 0.3) is 0 Å². The Morgan fingerprint density at radius 1 is 1.14 bits per heavy atom. The van der Waals surface area contributed by atoms with Gasteiger partial charge in [0.1, 0.15) is 5.75 Å². The van der Waals surface area contributed by atoms with Crippen molar-refractivity contribution in [1.29, 1.82) is 0 Å². The van der Waals surface area contributed by atoms with Crippen LogP contribution in [0.3, 0.4) is 0 Å². The highest BCUT2D eigenvalue weighted by Crippen LogP contribution is 2.65. The normalized spacial score (nSPS) is 32.6. The summed E-state index contributed by atoms with van der Waals surface area (Å²) >= 11 is 0. The third-order valence-electron chi connectivity index (χ3n) is 7.45. The molecule has 0 radical (unpaired) electrons. The second-order valence-corrected chi connectivity index (χ2v) is 10.3. The lowest BCUT2D eigenvalue weighted by atomic mass is 9.42. The Kier molecular flexibility index (Phi) is 5.92. The van der Waals surface area contributed by atoms with Crippen molar-refractivity contribution in [1.82, 2.24) is 5.32 Å². The number of hydrogen-bond acceptors (Lipinski definition) is 3. The molecule has 4 bridgehead atoms. The Balaban J connectivity index is 1.42. The number of amides is 1. The highest BCUT2D eigenvalue weighted by Gasteiger charge is 2.60. The van der Waals surface area contributed by atoms with Gasteiger partial charge in [-0.3, -0.25) is 4.79 Å². The third-order valence-corrected chi connectivity index (χ3v) is 7.45. The Labute approximate surface area is 175 Å². The predicted octanol–water partition coefficient (Wildman–Crippen LogP) is 4.71. The molecule has 4 heteroatoms. The third kappa shape index (κ3) is 4.19. The molecule has 0 saturated heterocycles. The lowest BCUT2D eigenvalue weighted by Gasteiger charge is -2.61. The van der Waals surface area contributed by atoms with E-state index in [1.165, 1.54) is 24.8 Å². The minimum absolute atomic E-state index is 0.164. The molecule has 4 saturated carbocycles. The average Bonchev–Trinajstić information content (AvgIpc) is 2.69. The van der Waals surface area contributed by atoms with Gasteiger partial charge >= 0.3 is 0 Å². The molecule has 160 valence electrons. The van der Waals surface area contributed by atoms with Crippen molar-refractivity contribution in [3.8, 4) is 5.75 Å². The first-order valence-corrected chi connectivity index (χ1v) is 11.5. The maximum absolute atomic E-state index is 13.3. The van der Waals surface area contributed by atoms with Crippen LogP contribution in [0.5, 0.6) is 5.75 Å². The van der Waals surface area contributed by atoms with Crippen LogP contribution in [0, 0.1) is 23.2 Å². The quantitative estimate of drug-likeness (QED) is 0.612. The molecule has 1 aromatic rings. The van der Waals surface area contributed by atoms with Crippen molar-refractivity contribution >= 4 is 5.91 Å². The highest BCUT2D eigenvalue weighted by atomic mass is 16.5. The van der Waals surface area contributed by atoms with Crippen LogP contribution in [-0.4, -0.2) is 32.8 Å². The zero-order chi connectivity index (χ0) is 20.5. The summed E-state index contributed by atoms with van der Waals surface area (Å²) in [7, 11) is 1.72. The second-order valence-electron chi connectivity index (χ2n) is 10.3. The number of ether oxygens (including phenoxy) is 2. The molecule has 1 aromatic carbocycles. The molecule has 0 aliphatic heterocycles. The van der Waals surface area contributed by atoms with Crippen molar-refractivity contribution in [2.45, 2.75) is 64.2 Å². The van der Waals surface area contributed by atoms with Crippen LogP contribution in [0.4, 0.5) is 0 Å². The van der Waals surface area contributed by atoms with E-state index in [4.69, 9.17) is 9.47 Å². The molecule has 4 nitrogen and oxygen atoms in total. The van der Waals surface area contributed by atoms with Crippen LogP contribution in [0.15, 0.2) is 24.3 Å². The minimum Gasteiger partial charge on any atom is -0.497 e. The van der Waals surface area contributed by atoms with Gasteiger partial charge in [-0.2, -0.15) is 0 Å². The fourth-order valence-corrected chi connectivity index (χ4v) is 6.69. The highest BCUT2D eigenvalue weighted by molar-refractivity contribution is 5.83. The number of benzene rings is 1. The van der Waals surface area contributed by atoms with E-state index in [-0.39, 0.29) is 10.8 Å². The SMILES string of the molecule is COc1ccc(C23C[C@@H]4C[C@@H](CC(C(=O)NCCCOCC(C)C)(C4)C2)C3)cc1. The fourth-order valence-electron chi connectivity index (χ4n) is 6.69. The Bertz CT molecular complexity index is 697. The van der Waals surface area contributed by atoms with Crippen molar-refractivity contribution < 1.29 is 14.3 Å². The number of carbonyl (C=O) groups excluding carboxylic acids is 1. The predicted molar refractivity (Wildman–Crippen MR) is 115 cm³/mol. The summed E-state index contributed by atoms with van der Waals surface area (Å²) in [6.45, 7) is 6.57. The fraction of sp³-hybridized carbons (Fsp3) is 0.720. The summed E-state index contributed by atoms with van der Waals surface area (Å²) in [5.41, 5.74) is 1.42. The molecule has 4 aliphatic rings. The summed E-state index contributed by atoms with van der Waals surface area (Å²) in [6, 6.07) is 8.64. The van der Waals surface area contributed by atoms with Gasteiger partial charge in [0.05, 0.1) is 12.5 Å². The number of methoxy groups -OCH3 is 1. The molecule has 4 atom stereocenters. The van der Waals surface area contributed by atoms with Gasteiger partial charge in [-0.15, -0.1) is 0 Å². The summed E-state index contributed by atoms with van der Waals surface area (Å²) in [5, 5.41) is 3.28. The minimum atomic E-state index is -0.164. The van der Waals surface area contributed by atoms with Gasteiger partial charge in [-0.05, 0) is 85.8 Å². The van der Waals surface area contributed by atoms with Crippen LogP contribution < -0.4 is 10.1 Å². The smallest absolute Gasteiger partial charge is 0.226 e. The zero-order valence-corrected chi connectivity index (χ0v) is 18.3. The van der Waals surface area contributed by atoms with Gasteiger partial charge in [0, 0.05) is 19.8 Å². The zero-order valence-electron chi connectivity index (χ0n) is 18.3. The van der Waals surface area contributed by atoms with Gasteiger partial charge < -0.3 is 14.8 Å². The number of nitrogens with one attached hydrogen (secondary N) is 1. The monoisotopic (exact) mass is 399 g/mol. The van der Waals surface area contributed by atoms with E-state index in [1.54, 1.807) is 7.11 Å². The van der Waals surface area contributed by atoms with Gasteiger partial charge in [-0.1, -0.05) is 26.0 Å². The molecular formula is C25H37NO3. The van der Waals surface area contributed by atoms with Crippen molar-refractivity contribution in [3.63, 3.8) is 0 Å². The molecule has 1 amide bonds. The summed E-state index contributed by atoms with van der Waals surface area (Å²) < 4.78 is 11.0. The van der Waals surface area contributed by atoms with Crippen LogP contribution in [0.2, 0.25) is 0 Å². The molecule has 4 fully saturated rings. The van der Waals surface area contributed by atoms with E-state index in [2.05, 4.69) is 43.4 Å². The maximum Gasteiger partial charge on any atom is 0.226 e. The van der Waals surface area contributed by atoms with E-state index in [0.717, 1.165) is 51.2 Å². The molecular weight excluding hydrogens is 362 g/mol. The van der Waals surface area contributed by atoms with Crippen LogP contribution >= 0.6 is 0 Å². The molecule has 0 aromatic heterocycles. The Morgan fingerprint density at radius 2 is 1.83 bits per heavy atom. The van der Waals surface area contributed by atoms with Crippen molar-refractivity contribution in [3.05, 3.63) is 29.8 Å². The van der Waals surface area contributed by atoms with Gasteiger partial charge in [0.2, 0.25) is 5.91 Å². The van der Waals surface area contributed by atoms with Crippen LogP contribution in [0.1, 0.15) is 64.4 Å². The standard InChI is InChI=1S/C25H37NO3/c1-18(2)16-29-10-4-9-26-23(27)25-14-19-11-20(15-25)13-24(12-19,17-25)21-5-7-22(28-3)8-6-21/h5-8,18-20H,4,9-17H2,1-3H3,(H,26,27)/t19-,20+,24?,25?. The van der Waals surface area contributed by atoms with Crippen LogP contribution in [-0.2, 0) is 14.9 Å². The molecule has 0 spiro atoms. The molecule has 0 heterocycles. The molecule has 1 N–H and O–H groups in total. The number of carbonyl (C=O) groups is 1. The summed E-state index contributed by atoms with van der Waals surface area (Å²) in [4.78, 5) is 13.3.